The molecule has 0 radical (unpaired) electrons. The maximum atomic E-state index is 11.6. The zero-order valence-electron chi connectivity index (χ0n) is 9.80. The minimum Gasteiger partial charge on any atom is -0.353 e. The first-order valence-electron chi connectivity index (χ1n) is 5.29. The topological polar surface area (TPSA) is 29.1 Å². The van der Waals surface area contributed by atoms with Crippen LogP contribution in [0.4, 0.5) is 0 Å². The molecule has 3 heteroatoms. The highest BCUT2D eigenvalue weighted by Gasteiger charge is 2.20. The Bertz CT molecular complexity index is 180. The number of alkyl halides is 1. The normalized spacial score (nSPS) is 15.7. The highest BCUT2D eigenvalue weighted by atomic mass is 79.9. The second kappa shape index (κ2) is 6.44. The molecule has 0 aliphatic rings. The highest BCUT2D eigenvalue weighted by molar-refractivity contribution is 9.10. The van der Waals surface area contributed by atoms with Crippen LogP contribution in [0.15, 0.2) is 0 Å². The first-order chi connectivity index (χ1) is 6.34. The zero-order chi connectivity index (χ0) is 11.3. The largest absolute Gasteiger partial charge is 0.353 e. The number of hydrogen-bond acceptors (Lipinski definition) is 1. The fourth-order valence-corrected chi connectivity index (χ4v) is 1.52. The predicted octanol–water partition coefficient (Wildman–Crippen LogP) is 2.96. The van der Waals surface area contributed by atoms with Crippen LogP contribution >= 0.6 is 15.9 Å². The van der Waals surface area contributed by atoms with E-state index >= 15 is 0 Å². The van der Waals surface area contributed by atoms with Crippen molar-refractivity contribution in [3.05, 3.63) is 0 Å². The van der Waals surface area contributed by atoms with E-state index in [1.165, 1.54) is 0 Å². The fraction of sp³-hybridized carbons (Fsp3) is 0.909. The molecule has 14 heavy (non-hydrogen) atoms. The number of carbonyl (C=O) groups excluding carboxylic acids is 1. The molecule has 1 N–H and O–H groups in total. The van der Waals surface area contributed by atoms with Crippen molar-refractivity contribution in [2.24, 2.45) is 11.8 Å². The number of halogens is 1. The third kappa shape index (κ3) is 5.63. The van der Waals surface area contributed by atoms with Gasteiger partial charge in [-0.15, -0.1) is 0 Å². The monoisotopic (exact) mass is 263 g/mol. The average Bonchev–Trinajstić information content (AvgIpc) is 2.00. The average molecular weight is 264 g/mol. The van der Waals surface area contributed by atoms with Gasteiger partial charge in [0.05, 0.1) is 4.83 Å². The van der Waals surface area contributed by atoms with Crippen LogP contribution < -0.4 is 5.32 Å². The van der Waals surface area contributed by atoms with Crippen molar-refractivity contribution in [2.45, 2.75) is 51.9 Å². The Labute approximate surface area is 96.0 Å². The summed E-state index contributed by atoms with van der Waals surface area (Å²) in [6.07, 6.45) is 1.03. The number of nitrogens with one attached hydrogen (secondary N) is 1. The molecule has 0 saturated carbocycles. The summed E-state index contributed by atoms with van der Waals surface area (Å²) >= 11 is 3.39. The molecule has 2 unspecified atom stereocenters. The quantitative estimate of drug-likeness (QED) is 0.760. The molecule has 0 fully saturated rings. The lowest BCUT2D eigenvalue weighted by molar-refractivity contribution is -0.121. The maximum Gasteiger partial charge on any atom is 0.234 e. The molecule has 0 bridgehead atoms. The van der Waals surface area contributed by atoms with Crippen molar-refractivity contribution in [1.29, 1.82) is 0 Å². The Kier molecular flexibility index (Phi) is 6.41. The van der Waals surface area contributed by atoms with E-state index in [4.69, 9.17) is 0 Å². The molecule has 0 rings (SSSR count). The predicted molar refractivity (Wildman–Crippen MR) is 64.6 cm³/mol. The van der Waals surface area contributed by atoms with Crippen molar-refractivity contribution >= 4 is 21.8 Å². The molecular formula is C11H22BrNO. The molecular weight excluding hydrogens is 242 g/mol. The highest BCUT2D eigenvalue weighted by Crippen LogP contribution is 2.13. The molecule has 0 aliphatic carbocycles. The van der Waals surface area contributed by atoms with Gasteiger partial charge in [0.15, 0.2) is 0 Å². The first kappa shape index (κ1) is 13.9. The van der Waals surface area contributed by atoms with Gasteiger partial charge >= 0.3 is 0 Å². The molecule has 84 valence electrons. The zero-order valence-corrected chi connectivity index (χ0v) is 11.4. The van der Waals surface area contributed by atoms with Crippen LogP contribution in [-0.4, -0.2) is 16.8 Å². The summed E-state index contributed by atoms with van der Waals surface area (Å²) in [5, 5.41) is 3.01. The molecule has 1 amide bonds. The minimum atomic E-state index is -0.0721. The summed E-state index contributed by atoms with van der Waals surface area (Å²) in [6.45, 7) is 10.4. The van der Waals surface area contributed by atoms with E-state index in [-0.39, 0.29) is 16.8 Å². The summed E-state index contributed by atoms with van der Waals surface area (Å²) in [5.74, 6) is 1.06. The summed E-state index contributed by atoms with van der Waals surface area (Å²) in [5.41, 5.74) is 0. The van der Waals surface area contributed by atoms with Crippen LogP contribution in [0, 0.1) is 11.8 Å². The Morgan fingerprint density at radius 1 is 1.21 bits per heavy atom. The Hall–Kier alpha value is -0.0500. The molecule has 2 atom stereocenters. The van der Waals surface area contributed by atoms with E-state index < -0.39 is 0 Å². The Balaban J connectivity index is 3.93. The van der Waals surface area contributed by atoms with Gasteiger partial charge in [-0.3, -0.25) is 4.79 Å². The van der Waals surface area contributed by atoms with Gasteiger partial charge in [-0.2, -0.15) is 0 Å². The minimum absolute atomic E-state index is 0.0721. The number of amides is 1. The van der Waals surface area contributed by atoms with Crippen LogP contribution in [-0.2, 0) is 4.79 Å². The standard InChI is InChI=1S/C11H22BrNO/c1-7(2)6-9(5)13-11(14)10(12)8(3)4/h7-10H,6H2,1-5H3,(H,13,14). The lowest BCUT2D eigenvalue weighted by Crippen LogP contribution is -2.40. The second-order valence-corrected chi connectivity index (χ2v) is 5.67. The molecule has 0 aromatic heterocycles. The fourth-order valence-electron chi connectivity index (χ4n) is 1.39. The second-order valence-electron chi connectivity index (χ2n) is 4.68. The van der Waals surface area contributed by atoms with Gasteiger partial charge in [0.1, 0.15) is 0 Å². The smallest absolute Gasteiger partial charge is 0.234 e. The van der Waals surface area contributed by atoms with E-state index in [0.717, 1.165) is 6.42 Å². The van der Waals surface area contributed by atoms with Crippen LogP contribution in [0.5, 0.6) is 0 Å². The van der Waals surface area contributed by atoms with E-state index in [9.17, 15) is 4.79 Å². The summed E-state index contributed by atoms with van der Waals surface area (Å²) in [4.78, 5) is 11.5. The van der Waals surface area contributed by atoms with Crippen LogP contribution in [0.3, 0.4) is 0 Å². The van der Waals surface area contributed by atoms with Crippen LogP contribution in [0.25, 0.3) is 0 Å². The lowest BCUT2D eigenvalue weighted by Gasteiger charge is -2.19. The summed E-state index contributed by atoms with van der Waals surface area (Å²) in [7, 11) is 0. The molecule has 0 aliphatic heterocycles. The van der Waals surface area contributed by atoms with E-state index in [1.54, 1.807) is 0 Å². The molecule has 0 aromatic rings. The van der Waals surface area contributed by atoms with Gasteiger partial charge in [0.2, 0.25) is 5.91 Å². The van der Waals surface area contributed by atoms with E-state index in [2.05, 4.69) is 42.0 Å². The van der Waals surface area contributed by atoms with E-state index in [1.807, 2.05) is 13.8 Å². The molecule has 0 spiro atoms. The first-order valence-corrected chi connectivity index (χ1v) is 6.20. The molecule has 0 heterocycles. The van der Waals surface area contributed by atoms with Gasteiger partial charge < -0.3 is 5.32 Å². The van der Waals surface area contributed by atoms with Crippen molar-refractivity contribution in [3.63, 3.8) is 0 Å². The maximum absolute atomic E-state index is 11.6. The van der Waals surface area contributed by atoms with Gasteiger partial charge in [-0.25, -0.2) is 0 Å². The molecule has 0 saturated heterocycles. The van der Waals surface area contributed by atoms with Crippen LogP contribution in [0.2, 0.25) is 0 Å². The van der Waals surface area contributed by atoms with Crippen molar-refractivity contribution in [3.8, 4) is 0 Å². The van der Waals surface area contributed by atoms with Crippen LogP contribution in [0.1, 0.15) is 41.0 Å². The van der Waals surface area contributed by atoms with Crippen molar-refractivity contribution < 1.29 is 4.79 Å². The van der Waals surface area contributed by atoms with Gasteiger partial charge in [0.25, 0.3) is 0 Å². The SMILES string of the molecule is CC(C)CC(C)NC(=O)C(Br)C(C)C. The molecule has 0 aromatic carbocycles. The number of carbonyl (C=O) groups is 1. The van der Waals surface area contributed by atoms with E-state index in [0.29, 0.717) is 11.8 Å². The lowest BCUT2D eigenvalue weighted by atomic mass is 10.0. The number of rotatable bonds is 5. The van der Waals surface area contributed by atoms with Gasteiger partial charge in [0, 0.05) is 6.04 Å². The summed E-state index contributed by atoms with van der Waals surface area (Å²) in [6, 6.07) is 0.265. The third-order valence-electron chi connectivity index (χ3n) is 2.05. The van der Waals surface area contributed by atoms with Gasteiger partial charge in [-0.1, -0.05) is 43.6 Å². The molecule has 2 nitrogen and oxygen atoms in total. The Morgan fingerprint density at radius 3 is 2.07 bits per heavy atom. The van der Waals surface area contributed by atoms with Crippen molar-refractivity contribution in [2.75, 3.05) is 0 Å². The number of hydrogen-bond donors (Lipinski definition) is 1. The van der Waals surface area contributed by atoms with Gasteiger partial charge in [-0.05, 0) is 25.2 Å². The Morgan fingerprint density at radius 2 is 1.71 bits per heavy atom. The van der Waals surface area contributed by atoms with Crippen molar-refractivity contribution in [1.82, 2.24) is 5.32 Å². The third-order valence-corrected chi connectivity index (χ3v) is 3.52. The summed E-state index contributed by atoms with van der Waals surface area (Å²) < 4.78 is 0.